The molecular weight excluding hydrogens is 186 g/mol. The summed E-state index contributed by atoms with van der Waals surface area (Å²) >= 11 is 0. The third-order valence-corrected chi connectivity index (χ3v) is 2.68. The molecule has 0 fully saturated rings. The Morgan fingerprint density at radius 3 is 3.00 bits per heavy atom. The van der Waals surface area contributed by atoms with Gasteiger partial charge in [-0.05, 0) is 25.0 Å². The average Bonchev–Trinajstić information content (AvgIpc) is 2.66. The standard InChI is InChI=1S/C12H13N3/c1-3-10(7-13)15-8-14-12-9(2)5-4-6-11(12)15/h4-6,8,10H,3H2,1-2H3. The molecule has 76 valence electrons. The Labute approximate surface area is 89.0 Å². The van der Waals surface area contributed by atoms with E-state index in [1.165, 1.54) is 0 Å². The fourth-order valence-corrected chi connectivity index (χ4v) is 1.80. The van der Waals surface area contributed by atoms with E-state index in [9.17, 15) is 0 Å². The molecule has 3 nitrogen and oxygen atoms in total. The second-order valence-corrected chi connectivity index (χ2v) is 3.65. The molecule has 0 aliphatic rings. The third-order valence-electron chi connectivity index (χ3n) is 2.68. The molecule has 0 saturated carbocycles. The molecule has 1 aromatic heterocycles. The zero-order valence-corrected chi connectivity index (χ0v) is 8.94. The zero-order valence-electron chi connectivity index (χ0n) is 8.94. The Bertz CT molecular complexity index is 519. The summed E-state index contributed by atoms with van der Waals surface area (Å²) < 4.78 is 1.95. The molecule has 3 heteroatoms. The van der Waals surface area contributed by atoms with E-state index >= 15 is 0 Å². The van der Waals surface area contributed by atoms with Crippen LogP contribution in [-0.2, 0) is 0 Å². The van der Waals surface area contributed by atoms with Gasteiger partial charge in [0.15, 0.2) is 0 Å². The number of hydrogen-bond acceptors (Lipinski definition) is 2. The van der Waals surface area contributed by atoms with E-state index < -0.39 is 0 Å². The maximum absolute atomic E-state index is 9.03. The largest absolute Gasteiger partial charge is 0.314 e. The van der Waals surface area contributed by atoms with Gasteiger partial charge in [-0.15, -0.1) is 0 Å². The zero-order chi connectivity index (χ0) is 10.8. The van der Waals surface area contributed by atoms with Crippen molar-refractivity contribution in [3.05, 3.63) is 30.1 Å². The molecule has 1 aromatic carbocycles. The fraction of sp³-hybridized carbons (Fsp3) is 0.333. The number of aromatic nitrogens is 2. The van der Waals surface area contributed by atoms with Crippen molar-refractivity contribution in [3.8, 4) is 6.07 Å². The number of aryl methyl sites for hydroxylation is 1. The van der Waals surface area contributed by atoms with E-state index in [-0.39, 0.29) is 6.04 Å². The van der Waals surface area contributed by atoms with Gasteiger partial charge in [0.1, 0.15) is 6.04 Å². The van der Waals surface area contributed by atoms with Crippen LogP contribution in [0.4, 0.5) is 0 Å². The van der Waals surface area contributed by atoms with E-state index in [1.54, 1.807) is 6.33 Å². The number of para-hydroxylation sites is 1. The highest BCUT2D eigenvalue weighted by molar-refractivity contribution is 5.78. The molecule has 1 atom stereocenters. The van der Waals surface area contributed by atoms with Crippen LogP contribution in [0.25, 0.3) is 11.0 Å². The lowest BCUT2D eigenvalue weighted by atomic mass is 10.2. The van der Waals surface area contributed by atoms with Crippen LogP contribution in [0.3, 0.4) is 0 Å². The number of nitrogens with zero attached hydrogens (tertiary/aromatic N) is 3. The lowest BCUT2D eigenvalue weighted by Crippen LogP contribution is -2.03. The second kappa shape index (κ2) is 3.74. The second-order valence-electron chi connectivity index (χ2n) is 3.65. The van der Waals surface area contributed by atoms with Gasteiger partial charge in [0.05, 0.1) is 23.4 Å². The minimum Gasteiger partial charge on any atom is -0.314 e. The van der Waals surface area contributed by atoms with Gasteiger partial charge in [-0.1, -0.05) is 19.1 Å². The molecule has 0 saturated heterocycles. The summed E-state index contributed by atoms with van der Waals surface area (Å²) in [7, 11) is 0. The Balaban J connectivity index is 2.64. The molecule has 15 heavy (non-hydrogen) atoms. The van der Waals surface area contributed by atoms with Crippen molar-refractivity contribution in [3.63, 3.8) is 0 Å². The summed E-state index contributed by atoms with van der Waals surface area (Å²) in [5, 5.41) is 9.03. The summed E-state index contributed by atoms with van der Waals surface area (Å²) in [6.45, 7) is 4.04. The van der Waals surface area contributed by atoms with Gasteiger partial charge < -0.3 is 4.57 Å². The molecule has 0 radical (unpaired) electrons. The van der Waals surface area contributed by atoms with Crippen LogP contribution >= 0.6 is 0 Å². The smallest absolute Gasteiger partial charge is 0.122 e. The highest BCUT2D eigenvalue weighted by Crippen LogP contribution is 2.21. The predicted molar refractivity (Wildman–Crippen MR) is 59.4 cm³/mol. The Morgan fingerprint density at radius 2 is 2.33 bits per heavy atom. The van der Waals surface area contributed by atoms with Crippen LogP contribution in [0.2, 0.25) is 0 Å². The number of rotatable bonds is 2. The van der Waals surface area contributed by atoms with E-state index in [4.69, 9.17) is 5.26 Å². The van der Waals surface area contributed by atoms with Gasteiger partial charge in [0, 0.05) is 0 Å². The molecule has 2 rings (SSSR count). The lowest BCUT2D eigenvalue weighted by Gasteiger charge is -2.08. The Hall–Kier alpha value is -1.82. The fourth-order valence-electron chi connectivity index (χ4n) is 1.80. The van der Waals surface area contributed by atoms with Crippen molar-refractivity contribution in [2.24, 2.45) is 0 Å². The van der Waals surface area contributed by atoms with Crippen LogP contribution < -0.4 is 0 Å². The molecule has 0 spiro atoms. The summed E-state index contributed by atoms with van der Waals surface area (Å²) in [4.78, 5) is 4.35. The Morgan fingerprint density at radius 1 is 1.53 bits per heavy atom. The summed E-state index contributed by atoms with van der Waals surface area (Å²) in [6, 6.07) is 8.22. The van der Waals surface area contributed by atoms with Gasteiger partial charge in [-0.2, -0.15) is 5.26 Å². The van der Waals surface area contributed by atoms with Crippen molar-refractivity contribution < 1.29 is 0 Å². The van der Waals surface area contributed by atoms with Crippen LogP contribution in [0.1, 0.15) is 24.9 Å². The molecule has 0 aliphatic carbocycles. The summed E-state index contributed by atoms with van der Waals surface area (Å²) in [5.41, 5.74) is 3.19. The predicted octanol–water partition coefficient (Wildman–Crippen LogP) is 2.82. The molecule has 0 aliphatic heterocycles. The lowest BCUT2D eigenvalue weighted by molar-refractivity contribution is 0.612. The van der Waals surface area contributed by atoms with Crippen molar-refractivity contribution in [2.45, 2.75) is 26.3 Å². The number of hydrogen-bond donors (Lipinski definition) is 0. The first-order valence-electron chi connectivity index (χ1n) is 5.09. The van der Waals surface area contributed by atoms with Crippen molar-refractivity contribution in [1.29, 1.82) is 5.26 Å². The van der Waals surface area contributed by atoms with Crippen LogP contribution in [0.5, 0.6) is 0 Å². The van der Waals surface area contributed by atoms with Gasteiger partial charge in [-0.25, -0.2) is 4.98 Å². The SMILES string of the molecule is CCC(C#N)n1cnc2c(C)cccc21. The van der Waals surface area contributed by atoms with Crippen LogP contribution in [0, 0.1) is 18.3 Å². The first kappa shape index (κ1) is 9.72. The third kappa shape index (κ3) is 1.48. The van der Waals surface area contributed by atoms with Crippen LogP contribution in [0.15, 0.2) is 24.5 Å². The highest BCUT2D eigenvalue weighted by Gasteiger charge is 2.11. The Kier molecular flexibility index (Phi) is 2.42. The van der Waals surface area contributed by atoms with E-state index in [2.05, 4.69) is 11.1 Å². The summed E-state index contributed by atoms with van der Waals surface area (Å²) in [6.07, 6.45) is 2.56. The minimum absolute atomic E-state index is 0.114. The quantitative estimate of drug-likeness (QED) is 0.746. The van der Waals surface area contributed by atoms with Crippen molar-refractivity contribution in [1.82, 2.24) is 9.55 Å². The van der Waals surface area contributed by atoms with Gasteiger partial charge in [0.25, 0.3) is 0 Å². The first-order chi connectivity index (χ1) is 7.27. The topological polar surface area (TPSA) is 41.6 Å². The molecule has 0 bridgehead atoms. The van der Waals surface area contributed by atoms with Crippen molar-refractivity contribution in [2.75, 3.05) is 0 Å². The first-order valence-corrected chi connectivity index (χ1v) is 5.09. The molecule has 1 unspecified atom stereocenters. The number of nitriles is 1. The molecular formula is C12H13N3. The number of benzene rings is 1. The van der Waals surface area contributed by atoms with Crippen LogP contribution in [-0.4, -0.2) is 9.55 Å². The van der Waals surface area contributed by atoms with Gasteiger partial charge in [-0.3, -0.25) is 0 Å². The highest BCUT2D eigenvalue weighted by atomic mass is 15.1. The minimum atomic E-state index is -0.114. The summed E-state index contributed by atoms with van der Waals surface area (Å²) in [5.74, 6) is 0. The van der Waals surface area contributed by atoms with E-state index in [0.717, 1.165) is 23.0 Å². The van der Waals surface area contributed by atoms with E-state index in [1.807, 2.05) is 36.6 Å². The molecule has 0 N–H and O–H groups in total. The normalized spacial score (nSPS) is 12.6. The molecule has 2 aromatic rings. The molecule has 1 heterocycles. The van der Waals surface area contributed by atoms with Gasteiger partial charge >= 0.3 is 0 Å². The van der Waals surface area contributed by atoms with Crippen molar-refractivity contribution >= 4 is 11.0 Å². The maximum atomic E-state index is 9.03. The van der Waals surface area contributed by atoms with Gasteiger partial charge in [0.2, 0.25) is 0 Å². The maximum Gasteiger partial charge on any atom is 0.122 e. The molecule has 0 amide bonds. The monoisotopic (exact) mass is 199 g/mol. The average molecular weight is 199 g/mol. The number of fused-ring (bicyclic) bond motifs is 1. The van der Waals surface area contributed by atoms with E-state index in [0.29, 0.717) is 0 Å². The number of imidazole rings is 1.